The van der Waals surface area contributed by atoms with E-state index in [9.17, 15) is 4.79 Å². The Hall–Kier alpha value is -1.72. The molecular formula is C19H26N2O2S. The molecule has 1 N–H and O–H groups in total. The molecule has 0 bridgehead atoms. The summed E-state index contributed by atoms with van der Waals surface area (Å²) in [7, 11) is 0. The van der Waals surface area contributed by atoms with Crippen LogP contribution in [-0.2, 0) is 23.3 Å². The lowest BCUT2D eigenvalue weighted by molar-refractivity contribution is 0.0657. The van der Waals surface area contributed by atoms with Crippen molar-refractivity contribution in [2.75, 3.05) is 0 Å². The number of ether oxygens (including phenoxy) is 1. The number of amides is 1. The second-order valence-electron chi connectivity index (χ2n) is 7.14. The van der Waals surface area contributed by atoms with Gasteiger partial charge in [-0.25, -0.2) is 4.98 Å². The summed E-state index contributed by atoms with van der Waals surface area (Å²) in [6.45, 7) is 11.4. The van der Waals surface area contributed by atoms with Gasteiger partial charge in [-0.2, -0.15) is 0 Å². The van der Waals surface area contributed by atoms with Gasteiger partial charge in [-0.15, -0.1) is 11.3 Å². The Labute approximate surface area is 148 Å². The van der Waals surface area contributed by atoms with Crippen LogP contribution >= 0.6 is 11.3 Å². The van der Waals surface area contributed by atoms with Gasteiger partial charge in [0.1, 0.15) is 4.88 Å². The third kappa shape index (κ3) is 5.42. The third-order valence-electron chi connectivity index (χ3n) is 3.40. The molecule has 0 aliphatic carbocycles. The molecule has 0 aliphatic heterocycles. The number of hydrogen-bond acceptors (Lipinski definition) is 4. The number of hydrogen-bond donors (Lipinski definition) is 1. The normalized spacial score (nSPS) is 11.8. The zero-order valence-corrected chi connectivity index (χ0v) is 15.9. The molecular weight excluding hydrogens is 320 g/mol. The van der Waals surface area contributed by atoms with E-state index < -0.39 is 0 Å². The molecule has 2 rings (SSSR count). The van der Waals surface area contributed by atoms with Gasteiger partial charge in [0.15, 0.2) is 0 Å². The summed E-state index contributed by atoms with van der Waals surface area (Å²) < 4.78 is 5.62. The summed E-state index contributed by atoms with van der Waals surface area (Å²) in [5.74, 6) is -0.0770. The van der Waals surface area contributed by atoms with Gasteiger partial charge in [0, 0.05) is 12.0 Å². The highest BCUT2D eigenvalue weighted by Gasteiger charge is 2.20. The van der Waals surface area contributed by atoms with Crippen molar-refractivity contribution in [3.8, 4) is 0 Å². The second-order valence-corrected chi connectivity index (χ2v) is 8.17. The Morgan fingerprint density at radius 2 is 2.00 bits per heavy atom. The van der Waals surface area contributed by atoms with Gasteiger partial charge >= 0.3 is 0 Å². The Morgan fingerprint density at radius 1 is 1.29 bits per heavy atom. The van der Waals surface area contributed by atoms with E-state index in [2.05, 4.69) is 37.1 Å². The van der Waals surface area contributed by atoms with Crippen LogP contribution in [0.25, 0.3) is 0 Å². The van der Waals surface area contributed by atoms with E-state index in [1.807, 2.05) is 32.0 Å². The van der Waals surface area contributed by atoms with Crippen LogP contribution in [0.5, 0.6) is 0 Å². The first-order valence-corrected chi connectivity index (χ1v) is 9.01. The summed E-state index contributed by atoms with van der Waals surface area (Å²) in [4.78, 5) is 17.3. The number of rotatable bonds is 6. The SMILES string of the molecule is CC(C)OCc1cccc(CNC(=O)c2cnc(C(C)(C)C)s2)c1. The highest BCUT2D eigenvalue weighted by Crippen LogP contribution is 2.26. The molecule has 1 amide bonds. The van der Waals surface area contributed by atoms with Crippen LogP contribution in [0.15, 0.2) is 30.5 Å². The predicted octanol–water partition coefficient (Wildman–Crippen LogP) is 4.30. The molecule has 0 unspecified atom stereocenters. The molecule has 130 valence electrons. The Morgan fingerprint density at radius 3 is 2.62 bits per heavy atom. The van der Waals surface area contributed by atoms with Gasteiger partial charge < -0.3 is 10.1 Å². The topological polar surface area (TPSA) is 51.2 Å². The van der Waals surface area contributed by atoms with Crippen LogP contribution in [0, 0.1) is 0 Å². The maximum absolute atomic E-state index is 12.3. The van der Waals surface area contributed by atoms with Crippen LogP contribution in [-0.4, -0.2) is 17.0 Å². The fraction of sp³-hybridized carbons (Fsp3) is 0.474. The molecule has 0 spiro atoms. The molecule has 1 aromatic carbocycles. The fourth-order valence-corrected chi connectivity index (χ4v) is 2.98. The van der Waals surface area contributed by atoms with Crippen LogP contribution in [0.2, 0.25) is 0 Å². The summed E-state index contributed by atoms with van der Waals surface area (Å²) in [6.07, 6.45) is 1.87. The number of nitrogens with one attached hydrogen (secondary N) is 1. The number of nitrogens with zero attached hydrogens (tertiary/aromatic N) is 1. The molecule has 1 heterocycles. The number of carbonyl (C=O) groups is 1. The van der Waals surface area contributed by atoms with Gasteiger partial charge in [0.25, 0.3) is 5.91 Å². The fourth-order valence-electron chi connectivity index (χ4n) is 2.09. The standard InChI is InChI=1S/C19H26N2O2S/c1-13(2)23-12-15-8-6-7-14(9-15)10-20-17(22)16-11-21-18(24-16)19(3,4)5/h6-9,11,13H,10,12H2,1-5H3,(H,20,22). The third-order valence-corrected chi connectivity index (χ3v) is 4.82. The molecule has 24 heavy (non-hydrogen) atoms. The first kappa shape index (κ1) is 18.6. The zero-order chi connectivity index (χ0) is 17.7. The lowest BCUT2D eigenvalue weighted by Crippen LogP contribution is -2.21. The lowest BCUT2D eigenvalue weighted by atomic mass is 9.98. The molecule has 5 heteroatoms. The van der Waals surface area contributed by atoms with E-state index >= 15 is 0 Å². The summed E-state index contributed by atoms with van der Waals surface area (Å²) in [5, 5.41) is 3.94. The van der Waals surface area contributed by atoms with Crippen molar-refractivity contribution in [2.24, 2.45) is 0 Å². The van der Waals surface area contributed by atoms with Crippen molar-refractivity contribution in [1.29, 1.82) is 0 Å². The van der Waals surface area contributed by atoms with E-state index in [4.69, 9.17) is 4.74 Å². The van der Waals surface area contributed by atoms with Crippen molar-refractivity contribution in [1.82, 2.24) is 10.3 Å². The first-order chi connectivity index (χ1) is 11.3. The van der Waals surface area contributed by atoms with E-state index in [0.717, 1.165) is 16.1 Å². The zero-order valence-electron chi connectivity index (χ0n) is 15.1. The van der Waals surface area contributed by atoms with Crippen molar-refractivity contribution < 1.29 is 9.53 Å². The minimum absolute atomic E-state index is 0.0338. The Kier molecular flexibility index (Phi) is 6.13. The van der Waals surface area contributed by atoms with Crippen LogP contribution in [0.3, 0.4) is 0 Å². The average molecular weight is 346 g/mol. The lowest BCUT2D eigenvalue weighted by Gasteiger charge is -2.13. The molecule has 2 aromatic rings. The number of aromatic nitrogens is 1. The summed E-state index contributed by atoms with van der Waals surface area (Å²) in [5.41, 5.74) is 2.14. The highest BCUT2D eigenvalue weighted by atomic mass is 32.1. The smallest absolute Gasteiger partial charge is 0.263 e. The van der Waals surface area contributed by atoms with Gasteiger partial charge in [0.2, 0.25) is 0 Å². The summed E-state index contributed by atoms with van der Waals surface area (Å²) >= 11 is 1.45. The molecule has 0 aliphatic rings. The van der Waals surface area contributed by atoms with Gasteiger partial charge in [0.05, 0.1) is 23.9 Å². The van der Waals surface area contributed by atoms with E-state index in [0.29, 0.717) is 18.0 Å². The van der Waals surface area contributed by atoms with Crippen molar-refractivity contribution >= 4 is 17.2 Å². The predicted molar refractivity (Wildman–Crippen MR) is 98.4 cm³/mol. The van der Waals surface area contributed by atoms with Gasteiger partial charge in [-0.3, -0.25) is 4.79 Å². The molecule has 0 saturated carbocycles. The van der Waals surface area contributed by atoms with Crippen LogP contribution in [0.1, 0.15) is 60.4 Å². The molecule has 0 saturated heterocycles. The van der Waals surface area contributed by atoms with Crippen molar-refractivity contribution in [3.63, 3.8) is 0 Å². The summed E-state index contributed by atoms with van der Waals surface area (Å²) in [6, 6.07) is 8.10. The monoisotopic (exact) mass is 346 g/mol. The van der Waals surface area contributed by atoms with Crippen LogP contribution < -0.4 is 5.32 Å². The number of benzene rings is 1. The average Bonchev–Trinajstić information content (AvgIpc) is 3.01. The maximum atomic E-state index is 12.3. The van der Waals surface area contributed by atoms with E-state index in [-0.39, 0.29) is 17.4 Å². The minimum atomic E-state index is -0.0770. The Bertz CT molecular complexity index is 687. The molecule has 0 radical (unpaired) electrons. The van der Waals surface area contributed by atoms with E-state index in [1.165, 1.54) is 11.3 Å². The molecule has 0 atom stereocenters. The van der Waals surface area contributed by atoms with Gasteiger partial charge in [-0.05, 0) is 25.0 Å². The minimum Gasteiger partial charge on any atom is -0.374 e. The maximum Gasteiger partial charge on any atom is 0.263 e. The second kappa shape index (κ2) is 7.90. The van der Waals surface area contributed by atoms with Crippen molar-refractivity contribution in [3.05, 3.63) is 51.5 Å². The quantitative estimate of drug-likeness (QED) is 0.848. The van der Waals surface area contributed by atoms with Gasteiger partial charge in [-0.1, -0.05) is 45.0 Å². The number of carbonyl (C=O) groups excluding carboxylic acids is 1. The first-order valence-electron chi connectivity index (χ1n) is 8.19. The number of thiazole rings is 1. The molecule has 0 fully saturated rings. The largest absolute Gasteiger partial charge is 0.374 e. The molecule has 4 nitrogen and oxygen atoms in total. The van der Waals surface area contributed by atoms with Crippen LogP contribution in [0.4, 0.5) is 0 Å². The van der Waals surface area contributed by atoms with E-state index in [1.54, 1.807) is 6.20 Å². The highest BCUT2D eigenvalue weighted by molar-refractivity contribution is 7.13. The molecule has 1 aromatic heterocycles. The van der Waals surface area contributed by atoms with Crippen molar-refractivity contribution in [2.45, 2.75) is 59.3 Å². The Balaban J connectivity index is 1.94.